The van der Waals surface area contributed by atoms with Gasteiger partial charge in [0.25, 0.3) is 0 Å². The summed E-state index contributed by atoms with van der Waals surface area (Å²) in [6.07, 6.45) is 48.5. The van der Waals surface area contributed by atoms with Crippen molar-refractivity contribution in [3.8, 4) is 36.0 Å². The molecule has 5 N–H and O–H groups in total. The van der Waals surface area contributed by atoms with Gasteiger partial charge >= 0.3 is 0 Å². The summed E-state index contributed by atoms with van der Waals surface area (Å²) >= 11 is 40.3. The van der Waals surface area contributed by atoms with Crippen LogP contribution in [0.4, 0.5) is 0 Å². The standard InChI is InChI=1S/C18H26Br2Cl2.C18H28Cl2.C18H30O2.C18H22O2.C6H4I2.C6H10O.Br2.Cl2OS.H2/c19-17-14-16(10-6-2-4-8-12-22)18(20)13-15(17)9-5-1-3-7-11-21;3*19-15-7-3-1-5-9-17-11-13-18(14-12-17)10-6-2-4-8-16-20;7-5-1-2-6(8)4-3-5;1-2-3-4-5-6-7;1-2;1-4(2)3;/h13-14H,1-12H2;11-14H,1-10,15-16H2;11-14,19-20H,1-10,15-16H2;11-14,19-20H,1-4,7-8,15-16H2;1-4H;1,7H,3-6H2;;;1H. The molecule has 0 aliphatic rings. The lowest BCUT2D eigenvalue weighted by atomic mass is 10.0. The van der Waals surface area contributed by atoms with Crippen molar-refractivity contribution >= 4 is 182 Å². The first-order chi connectivity index (χ1) is 50.2. The van der Waals surface area contributed by atoms with Gasteiger partial charge in [0.1, 0.15) is 0 Å². The zero-order chi connectivity index (χ0) is 76.7. The number of aryl methyl sites for hydroxylation is 6. The molecule has 5 aromatic carbocycles. The van der Waals surface area contributed by atoms with E-state index in [1.807, 2.05) is 24.3 Å². The van der Waals surface area contributed by atoms with Gasteiger partial charge in [0.15, 0.2) is 0 Å². The second-order valence-corrected chi connectivity index (χ2v) is 32.6. The number of hydrogen-bond donors (Lipinski definition) is 5. The van der Waals surface area contributed by atoms with Gasteiger partial charge in [0, 0.05) is 154 Å². The molecule has 584 valence electrons. The fraction of sp³-hybridized carbons (Fsp3) is 0.571. The molecular weight excluding hydrogens is 1920 g/mol. The average Bonchev–Trinajstić information content (AvgIpc) is 0.847. The Labute approximate surface area is 718 Å². The zero-order valence-electron chi connectivity index (χ0n) is 61.0. The molecule has 0 aliphatic heterocycles. The normalized spacial score (nSPS) is 10.1. The third-order valence-corrected chi connectivity index (χ3v) is 19.7. The van der Waals surface area contributed by atoms with Crippen molar-refractivity contribution in [2.24, 2.45) is 0 Å². The second kappa shape index (κ2) is 85.8. The predicted octanol–water partition coefficient (Wildman–Crippen LogP) is 27.5. The molecule has 0 bridgehead atoms. The number of terminal acetylenes is 1. The van der Waals surface area contributed by atoms with Gasteiger partial charge < -0.3 is 25.5 Å². The Morgan fingerprint density at radius 3 is 0.816 bits per heavy atom. The number of halogens is 12. The van der Waals surface area contributed by atoms with E-state index in [1.165, 1.54) is 165 Å². The van der Waals surface area contributed by atoms with Crippen molar-refractivity contribution in [1.82, 2.24) is 0 Å². The van der Waals surface area contributed by atoms with Crippen molar-refractivity contribution in [2.75, 3.05) is 56.6 Å². The fourth-order valence-electron chi connectivity index (χ4n) is 9.81. The van der Waals surface area contributed by atoms with Crippen LogP contribution in [0.25, 0.3) is 0 Å². The first-order valence-electron chi connectivity index (χ1n) is 36.9. The van der Waals surface area contributed by atoms with E-state index in [0.29, 0.717) is 13.2 Å². The van der Waals surface area contributed by atoms with E-state index < -0.39 is 9.23 Å². The summed E-state index contributed by atoms with van der Waals surface area (Å²) in [5, 5.41) is 43.0. The van der Waals surface area contributed by atoms with Crippen LogP contribution in [0, 0.1) is 43.2 Å². The second-order valence-electron chi connectivity index (χ2n) is 24.4. The Morgan fingerprint density at radius 1 is 0.350 bits per heavy atom. The number of rotatable bonds is 45. The quantitative estimate of drug-likeness (QED) is 0.00871. The highest BCUT2D eigenvalue weighted by atomic mass is 127. The minimum absolute atomic E-state index is 0. The van der Waals surface area contributed by atoms with E-state index in [-0.39, 0.29) is 21.2 Å². The maximum Gasteiger partial charge on any atom is 0.211 e. The van der Waals surface area contributed by atoms with Crippen LogP contribution in [0.2, 0.25) is 0 Å². The first-order valence-corrected chi connectivity index (χ1v) is 49.3. The van der Waals surface area contributed by atoms with Gasteiger partial charge in [-0.05, 0) is 293 Å². The van der Waals surface area contributed by atoms with Gasteiger partial charge in [-0.15, -0.1) is 58.7 Å². The third kappa shape index (κ3) is 75.7. The van der Waals surface area contributed by atoms with Crippen LogP contribution >= 0.6 is 173 Å². The van der Waals surface area contributed by atoms with E-state index in [9.17, 15) is 0 Å². The summed E-state index contributed by atoms with van der Waals surface area (Å²) in [5.41, 5.74) is 10.6. The van der Waals surface area contributed by atoms with Gasteiger partial charge in [-0.25, -0.2) is 4.21 Å². The molecule has 0 aliphatic carbocycles. The molecule has 0 atom stereocenters. The Kier molecular flexibility index (Phi) is 89.2. The molecular formula is C84H122Br4Cl6I2O6S. The lowest BCUT2D eigenvalue weighted by Crippen LogP contribution is -1.94. The van der Waals surface area contributed by atoms with E-state index in [1.54, 1.807) is 0 Å². The van der Waals surface area contributed by atoms with Crippen molar-refractivity contribution in [1.29, 1.82) is 0 Å². The van der Waals surface area contributed by atoms with Crippen LogP contribution in [-0.2, 0) is 47.8 Å². The predicted molar refractivity (Wildman–Crippen MR) is 488 cm³/mol. The van der Waals surface area contributed by atoms with E-state index in [4.69, 9.17) is 82.6 Å². The minimum atomic E-state index is -1.67. The van der Waals surface area contributed by atoms with Crippen LogP contribution in [0.15, 0.2) is 118 Å². The number of hydrogen-bond acceptors (Lipinski definition) is 6. The van der Waals surface area contributed by atoms with Crippen molar-refractivity contribution < 1.29 is 31.2 Å². The summed E-state index contributed by atoms with van der Waals surface area (Å²) < 4.78 is 14.2. The number of alkyl halides is 4. The summed E-state index contributed by atoms with van der Waals surface area (Å²) in [7, 11) is 7.36. The van der Waals surface area contributed by atoms with E-state index >= 15 is 0 Å². The molecule has 5 rings (SSSR count). The maximum absolute atomic E-state index is 9.09. The molecule has 0 fully saturated rings. The largest absolute Gasteiger partial charge is 0.396 e. The summed E-state index contributed by atoms with van der Waals surface area (Å²) in [6, 6.07) is 39.2. The Hall–Kier alpha value is -0.150. The Bertz CT molecular complexity index is 2600. The zero-order valence-corrected chi connectivity index (χ0v) is 77.0. The monoisotopic (exact) mass is 2040 g/mol. The van der Waals surface area contributed by atoms with Crippen LogP contribution in [0.5, 0.6) is 0 Å². The maximum atomic E-state index is 9.09. The molecule has 0 saturated heterocycles. The molecule has 0 unspecified atom stereocenters. The summed E-state index contributed by atoms with van der Waals surface area (Å²) in [6.45, 7) is 1.41. The highest BCUT2D eigenvalue weighted by Crippen LogP contribution is 2.29. The van der Waals surface area contributed by atoms with Crippen LogP contribution in [0.1, 0.15) is 258 Å². The molecule has 0 aromatic heterocycles. The van der Waals surface area contributed by atoms with Crippen molar-refractivity contribution in [3.63, 3.8) is 0 Å². The van der Waals surface area contributed by atoms with Crippen LogP contribution in [-0.4, -0.2) is 86.3 Å². The molecule has 6 nitrogen and oxygen atoms in total. The van der Waals surface area contributed by atoms with Gasteiger partial charge in [-0.1, -0.05) is 181 Å². The number of benzene rings is 5. The van der Waals surface area contributed by atoms with Gasteiger partial charge in [-0.3, -0.25) is 0 Å². The van der Waals surface area contributed by atoms with E-state index in [0.717, 1.165) is 169 Å². The number of aliphatic hydroxyl groups excluding tert-OH is 5. The topological polar surface area (TPSA) is 118 Å². The SMILES string of the molecule is BrBr.C#CCCCCO.ClCCCCCCc1cc(Br)c(CCCCCCCl)cc1Br.ClCCCCCCc1ccc(CCCCCCCl)cc1.Ic1ccc(I)cc1.O=S(Cl)Cl.OCCCCC#Cc1ccc(C#CCCCCO)cc1.OCCCCCCc1ccc(CCCCCCO)cc1.[HH]. The van der Waals surface area contributed by atoms with Crippen molar-refractivity contribution in [3.05, 3.63) is 170 Å². The van der Waals surface area contributed by atoms with Crippen molar-refractivity contribution in [2.45, 2.75) is 250 Å². The molecule has 0 radical (unpaired) electrons. The third-order valence-electron chi connectivity index (χ3n) is 15.7. The average molecular weight is 2050 g/mol. The van der Waals surface area contributed by atoms with Crippen LogP contribution in [0.3, 0.4) is 0 Å². The highest BCUT2D eigenvalue weighted by molar-refractivity contribution is 14.1. The fourth-order valence-corrected chi connectivity index (χ4v) is 12.5. The number of aliphatic hydroxyl groups is 5. The number of unbranched alkanes of at least 4 members (excludes halogenated alkanes) is 24. The highest BCUT2D eigenvalue weighted by Gasteiger charge is 2.08. The van der Waals surface area contributed by atoms with E-state index in [2.05, 4.69) is 241 Å². The molecule has 0 amide bonds. The summed E-state index contributed by atoms with van der Waals surface area (Å²) in [4.78, 5) is 0. The summed E-state index contributed by atoms with van der Waals surface area (Å²) in [5.74, 6) is 18.1. The van der Waals surface area contributed by atoms with Gasteiger partial charge in [-0.2, -0.15) is 0 Å². The lowest BCUT2D eigenvalue weighted by Gasteiger charge is -2.10. The Morgan fingerprint density at radius 2 is 0.573 bits per heavy atom. The Balaban J connectivity index is -0.000000584. The molecule has 0 heterocycles. The smallest absolute Gasteiger partial charge is 0.211 e. The molecule has 19 heteroatoms. The lowest BCUT2D eigenvalue weighted by molar-refractivity contribution is 0.282. The molecule has 5 aromatic rings. The van der Waals surface area contributed by atoms with Gasteiger partial charge in [0.05, 0.1) is 0 Å². The molecule has 0 spiro atoms. The first kappa shape index (κ1) is 107. The van der Waals surface area contributed by atoms with Crippen LogP contribution < -0.4 is 0 Å². The minimum Gasteiger partial charge on any atom is -0.396 e. The molecule has 103 heavy (non-hydrogen) atoms. The van der Waals surface area contributed by atoms with Gasteiger partial charge in [0.2, 0.25) is 9.23 Å². The molecule has 0 saturated carbocycles.